The molecule has 0 amide bonds. The Morgan fingerprint density at radius 3 is 1.43 bits per heavy atom. The van der Waals surface area contributed by atoms with Gasteiger partial charge in [0.2, 0.25) is 5.82 Å². The molecule has 4 aromatic carbocycles. The van der Waals surface area contributed by atoms with Crippen LogP contribution in [0.1, 0.15) is 40.2 Å². The van der Waals surface area contributed by atoms with Gasteiger partial charge in [0.15, 0.2) is 40.7 Å². The van der Waals surface area contributed by atoms with Crippen molar-refractivity contribution in [2.24, 2.45) is 0 Å². The fraction of sp³-hybridized carbons (Fsp3) is 0.375. The number of halogens is 9. The smallest absolute Gasteiger partial charge is 0.257 e. The monoisotopic (exact) mass is 660 g/mol. The number of rotatable bonds is 11. The lowest BCUT2D eigenvalue weighted by Crippen LogP contribution is -2.50. The molecular formula is C32H33F9OSi2. The van der Waals surface area contributed by atoms with Crippen molar-refractivity contribution in [3.63, 3.8) is 0 Å². The maximum Gasteiger partial charge on any atom is 0.257 e. The highest BCUT2D eigenvalue weighted by Crippen LogP contribution is 2.46. The Morgan fingerprint density at radius 2 is 0.977 bits per heavy atom. The highest BCUT2D eigenvalue weighted by atomic mass is 28.4. The first-order valence-corrected chi connectivity index (χ1v) is 19.8. The van der Waals surface area contributed by atoms with E-state index in [0.29, 0.717) is 6.04 Å². The zero-order chi connectivity index (χ0) is 32.7. The van der Waals surface area contributed by atoms with Crippen LogP contribution in [-0.4, -0.2) is 16.4 Å². The van der Waals surface area contributed by atoms with Gasteiger partial charge in [0.1, 0.15) is 11.6 Å². The number of fused-ring (bicyclic) bond motifs is 2. The molecule has 0 saturated carbocycles. The van der Waals surface area contributed by atoms with Crippen LogP contribution in [0.5, 0.6) is 5.75 Å². The molecule has 1 nitrogen and oxygen atoms in total. The summed E-state index contributed by atoms with van der Waals surface area (Å²) in [5, 5.41) is -6.44. The first-order valence-electron chi connectivity index (χ1n) is 14.6. The van der Waals surface area contributed by atoms with E-state index in [0.717, 1.165) is 29.7 Å². The first-order chi connectivity index (χ1) is 20.7. The average Bonchev–Trinajstić information content (AvgIpc) is 3.01. The molecule has 0 heterocycles. The molecule has 44 heavy (non-hydrogen) atoms. The predicted octanol–water partition coefficient (Wildman–Crippen LogP) is 11.3. The molecule has 4 rings (SSSR count). The van der Waals surface area contributed by atoms with Gasteiger partial charge in [-0.2, -0.15) is 4.39 Å². The zero-order valence-electron chi connectivity index (χ0n) is 25.0. The molecule has 4 aromatic rings. The molecule has 12 heteroatoms. The maximum atomic E-state index is 16.1. The topological polar surface area (TPSA) is 9.23 Å². The van der Waals surface area contributed by atoms with Gasteiger partial charge in [-0.1, -0.05) is 89.1 Å². The molecule has 0 radical (unpaired) electrons. The van der Waals surface area contributed by atoms with E-state index in [2.05, 4.69) is 20.8 Å². The summed E-state index contributed by atoms with van der Waals surface area (Å²) in [6.45, 7) is 9.90. The Bertz CT molecular complexity index is 1700. The normalized spacial score (nSPS) is 13.7. The second-order valence-corrected chi connectivity index (χ2v) is 21.7. The predicted molar refractivity (Wildman–Crippen MR) is 160 cm³/mol. The van der Waals surface area contributed by atoms with Crippen LogP contribution >= 0.6 is 0 Å². The lowest BCUT2D eigenvalue weighted by Gasteiger charge is -2.39. The van der Waals surface area contributed by atoms with Crippen LogP contribution in [0, 0.1) is 52.4 Å². The molecule has 0 aliphatic rings. The molecule has 0 N–H and O–H groups in total. The summed E-state index contributed by atoms with van der Waals surface area (Å²) < 4.78 is 142. The fourth-order valence-electron chi connectivity index (χ4n) is 6.13. The Hall–Kier alpha value is -3.00. The minimum atomic E-state index is -3.44. The molecule has 1 atom stereocenters. The zero-order valence-corrected chi connectivity index (χ0v) is 27.0. The Labute approximate surface area is 252 Å². The van der Waals surface area contributed by atoms with E-state index in [1.807, 2.05) is 13.8 Å². The number of hydrogen-bond donors (Lipinski definition) is 0. The van der Waals surface area contributed by atoms with Crippen molar-refractivity contribution in [1.82, 2.24) is 0 Å². The maximum absolute atomic E-state index is 16.1. The van der Waals surface area contributed by atoms with Crippen LogP contribution < -0.4 is 4.43 Å². The lowest BCUT2D eigenvalue weighted by atomic mass is 9.99. The Morgan fingerprint density at radius 1 is 0.545 bits per heavy atom. The van der Waals surface area contributed by atoms with E-state index < -0.39 is 96.0 Å². The second kappa shape index (κ2) is 12.8. The third-order valence-electron chi connectivity index (χ3n) is 9.46. The summed E-state index contributed by atoms with van der Waals surface area (Å²) in [5.74, 6) is -21.4. The fourth-order valence-corrected chi connectivity index (χ4v) is 15.6. The summed E-state index contributed by atoms with van der Waals surface area (Å²) in [5.41, 5.74) is 0.441. The van der Waals surface area contributed by atoms with Crippen molar-refractivity contribution >= 4 is 37.9 Å². The van der Waals surface area contributed by atoms with Gasteiger partial charge in [-0.15, -0.1) is 0 Å². The third-order valence-corrected chi connectivity index (χ3v) is 20.6. The molecule has 238 valence electrons. The molecule has 0 saturated heterocycles. The molecule has 0 aromatic heterocycles. The minimum Gasteiger partial charge on any atom is -0.540 e. The van der Waals surface area contributed by atoms with Crippen LogP contribution in [0.2, 0.25) is 35.8 Å². The van der Waals surface area contributed by atoms with E-state index in [-0.39, 0.29) is 11.6 Å². The van der Waals surface area contributed by atoms with E-state index in [9.17, 15) is 17.6 Å². The summed E-state index contributed by atoms with van der Waals surface area (Å²) in [6, 6.07) is 13.1. The first kappa shape index (κ1) is 33.9. The quantitative estimate of drug-likeness (QED) is 0.0511. The molecule has 0 fully saturated rings. The summed E-state index contributed by atoms with van der Waals surface area (Å²) >= 11 is 0. The van der Waals surface area contributed by atoms with Crippen LogP contribution in [0.4, 0.5) is 39.5 Å². The summed E-state index contributed by atoms with van der Waals surface area (Å²) in [7, 11) is -5.29. The number of benzene rings is 4. The Balaban J connectivity index is 2.10. The van der Waals surface area contributed by atoms with Gasteiger partial charge in [-0.05, 0) is 17.1 Å². The van der Waals surface area contributed by atoms with Gasteiger partial charge >= 0.3 is 0 Å². The molecule has 1 unspecified atom stereocenters. The molecular weight excluding hydrogens is 628 g/mol. The standard InChI is InChI=1S/C32H33F9OSi2/c1-6-43(7-2,8-3)14-15-44(17(4)5,16-18-12-10-9-11-13-18)42-32-22-21(27(37)30(40)31(32)41)23(33)19-20(24(22)34)26(36)29(39)28(38)25(19)35/h9-13,17H,6-8,14-16H2,1-5H3. The van der Waals surface area contributed by atoms with Crippen LogP contribution in [-0.2, 0) is 6.04 Å². The van der Waals surface area contributed by atoms with Crippen molar-refractivity contribution in [3.8, 4) is 5.75 Å². The molecule has 0 aliphatic carbocycles. The van der Waals surface area contributed by atoms with Crippen LogP contribution in [0.3, 0.4) is 0 Å². The SMILES string of the molecule is CC[Si](CC)(CC)CC[Si](Cc1ccccc1)(Oc1c(F)c(F)c(F)c2c(F)c3c(F)c(F)c(F)c(F)c3c(F)c12)C(C)C. The van der Waals surface area contributed by atoms with Crippen molar-refractivity contribution in [2.45, 2.75) is 76.4 Å². The minimum absolute atomic E-state index is 0.230. The van der Waals surface area contributed by atoms with Crippen molar-refractivity contribution in [2.75, 3.05) is 0 Å². The highest BCUT2D eigenvalue weighted by molar-refractivity contribution is 6.83. The molecule has 0 bridgehead atoms. The van der Waals surface area contributed by atoms with E-state index in [1.165, 1.54) is 0 Å². The van der Waals surface area contributed by atoms with Crippen molar-refractivity contribution in [1.29, 1.82) is 0 Å². The van der Waals surface area contributed by atoms with Crippen LogP contribution in [0.25, 0.3) is 21.5 Å². The van der Waals surface area contributed by atoms with Gasteiger partial charge in [-0.3, -0.25) is 0 Å². The van der Waals surface area contributed by atoms with E-state index >= 15 is 22.0 Å². The Kier molecular flexibility index (Phi) is 9.84. The molecule has 0 aliphatic heterocycles. The van der Waals surface area contributed by atoms with Gasteiger partial charge < -0.3 is 4.43 Å². The van der Waals surface area contributed by atoms with Gasteiger partial charge in [0, 0.05) is 6.04 Å². The van der Waals surface area contributed by atoms with Crippen molar-refractivity contribution in [3.05, 3.63) is 88.3 Å². The summed E-state index contributed by atoms with van der Waals surface area (Å²) in [4.78, 5) is 0. The van der Waals surface area contributed by atoms with Gasteiger partial charge in [0.25, 0.3) is 8.32 Å². The molecule has 0 spiro atoms. The van der Waals surface area contributed by atoms with E-state index in [1.54, 1.807) is 30.3 Å². The van der Waals surface area contributed by atoms with Crippen molar-refractivity contribution < 1.29 is 43.9 Å². The van der Waals surface area contributed by atoms with Gasteiger partial charge in [-0.25, -0.2) is 35.1 Å². The average molecular weight is 661 g/mol. The largest absolute Gasteiger partial charge is 0.540 e. The van der Waals surface area contributed by atoms with E-state index in [4.69, 9.17) is 4.43 Å². The lowest BCUT2D eigenvalue weighted by molar-refractivity contribution is 0.408. The summed E-state index contributed by atoms with van der Waals surface area (Å²) in [6.07, 6.45) is 0. The third kappa shape index (κ3) is 5.52. The second-order valence-electron chi connectivity index (χ2n) is 11.7. The highest BCUT2D eigenvalue weighted by Gasteiger charge is 2.45. The van der Waals surface area contributed by atoms with Crippen LogP contribution in [0.15, 0.2) is 30.3 Å². The number of hydrogen-bond acceptors (Lipinski definition) is 1. The van der Waals surface area contributed by atoms with Gasteiger partial charge in [0.05, 0.1) is 29.6 Å².